The Morgan fingerprint density at radius 1 is 1.31 bits per heavy atom. The molecule has 86 valence electrons. The molecule has 0 saturated carbocycles. The van der Waals surface area contributed by atoms with E-state index in [0.29, 0.717) is 6.42 Å². The summed E-state index contributed by atoms with van der Waals surface area (Å²) in [6, 6.07) is 0. The number of ether oxygens (including phenoxy) is 1. The van der Waals surface area contributed by atoms with Gasteiger partial charge in [0, 0.05) is 19.2 Å². The summed E-state index contributed by atoms with van der Waals surface area (Å²) in [5.41, 5.74) is 1.78. The van der Waals surface area contributed by atoms with E-state index in [1.54, 1.807) is 0 Å². The lowest BCUT2D eigenvalue weighted by atomic mass is 9.97. The molecular formula is C12H16N2O2. The van der Waals surface area contributed by atoms with Gasteiger partial charge in [-0.15, -0.1) is 0 Å². The lowest BCUT2D eigenvalue weighted by Gasteiger charge is -2.22. The van der Waals surface area contributed by atoms with Crippen molar-refractivity contribution in [2.24, 2.45) is 0 Å². The molecule has 2 aliphatic rings. The summed E-state index contributed by atoms with van der Waals surface area (Å²) in [6.45, 7) is 0.809. The normalized spacial score (nSPS) is 25.5. The van der Waals surface area contributed by atoms with Gasteiger partial charge < -0.3 is 4.74 Å². The highest BCUT2D eigenvalue weighted by atomic mass is 16.5. The minimum atomic E-state index is 0.0483. The molecular weight excluding hydrogens is 204 g/mol. The Kier molecular flexibility index (Phi) is 2.52. The number of hydrogen-bond donors (Lipinski definition) is 0. The third-order valence-corrected chi connectivity index (χ3v) is 3.38. The van der Waals surface area contributed by atoms with Crippen molar-refractivity contribution in [3.8, 4) is 0 Å². The van der Waals surface area contributed by atoms with Gasteiger partial charge in [-0.3, -0.25) is 4.79 Å². The summed E-state index contributed by atoms with van der Waals surface area (Å²) in [6.07, 6.45) is 7.80. The minimum absolute atomic E-state index is 0.0483. The first kappa shape index (κ1) is 10.0. The van der Waals surface area contributed by atoms with Crippen LogP contribution in [0, 0.1) is 0 Å². The first-order valence-corrected chi connectivity index (χ1v) is 6.07. The number of carbonyl (C=O) groups excluding carboxylic acids is 1. The van der Waals surface area contributed by atoms with E-state index in [1.807, 2.05) is 10.9 Å². The van der Waals surface area contributed by atoms with E-state index in [-0.39, 0.29) is 12.0 Å². The van der Waals surface area contributed by atoms with Crippen LogP contribution in [0.25, 0.3) is 0 Å². The summed E-state index contributed by atoms with van der Waals surface area (Å²) in [5.74, 6) is 0.239. The fourth-order valence-electron chi connectivity index (χ4n) is 2.48. The van der Waals surface area contributed by atoms with Gasteiger partial charge in [-0.2, -0.15) is 5.10 Å². The smallest absolute Gasteiger partial charge is 0.166 e. The van der Waals surface area contributed by atoms with E-state index in [2.05, 4.69) is 5.10 Å². The van der Waals surface area contributed by atoms with Crippen LogP contribution in [0.1, 0.15) is 54.4 Å². The molecule has 4 nitrogen and oxygen atoms in total. The highest BCUT2D eigenvalue weighted by Gasteiger charge is 2.24. The molecule has 1 unspecified atom stereocenters. The highest BCUT2D eigenvalue weighted by Crippen LogP contribution is 2.26. The van der Waals surface area contributed by atoms with Crippen LogP contribution in [0.4, 0.5) is 0 Å². The third-order valence-electron chi connectivity index (χ3n) is 3.38. The lowest BCUT2D eigenvalue weighted by molar-refractivity contribution is -0.0396. The van der Waals surface area contributed by atoms with Gasteiger partial charge >= 0.3 is 0 Å². The summed E-state index contributed by atoms with van der Waals surface area (Å²) in [5, 5.41) is 4.50. The van der Waals surface area contributed by atoms with Crippen molar-refractivity contribution in [2.75, 3.05) is 6.61 Å². The predicted octanol–water partition coefficient (Wildman–Crippen LogP) is 2.10. The molecule has 1 saturated heterocycles. The molecule has 0 amide bonds. The van der Waals surface area contributed by atoms with Gasteiger partial charge in [0.1, 0.15) is 6.23 Å². The average Bonchev–Trinajstić information content (AvgIpc) is 2.76. The second kappa shape index (κ2) is 4.01. The Hall–Kier alpha value is -1.16. The number of nitrogens with zero attached hydrogens (tertiary/aromatic N) is 2. The van der Waals surface area contributed by atoms with E-state index in [1.165, 1.54) is 6.42 Å². The first-order valence-electron chi connectivity index (χ1n) is 6.07. The van der Waals surface area contributed by atoms with Crippen LogP contribution in [0.15, 0.2) is 6.20 Å². The average molecular weight is 220 g/mol. The minimum Gasteiger partial charge on any atom is -0.357 e. The summed E-state index contributed by atoms with van der Waals surface area (Å²) in [4.78, 5) is 11.7. The van der Waals surface area contributed by atoms with E-state index in [9.17, 15) is 4.79 Å². The van der Waals surface area contributed by atoms with Crippen LogP contribution in [-0.2, 0) is 11.2 Å². The summed E-state index contributed by atoms with van der Waals surface area (Å²) in [7, 11) is 0. The zero-order valence-corrected chi connectivity index (χ0v) is 9.32. The Balaban J connectivity index is 1.88. The van der Waals surface area contributed by atoms with Crippen LogP contribution in [0.5, 0.6) is 0 Å². The zero-order chi connectivity index (χ0) is 11.0. The van der Waals surface area contributed by atoms with E-state index in [0.717, 1.165) is 43.5 Å². The van der Waals surface area contributed by atoms with Gasteiger partial charge in [0.25, 0.3) is 0 Å². The standard InChI is InChI=1S/C12H16N2O2/c15-11-5-3-4-10-9(11)8-14(13-10)12-6-1-2-7-16-12/h8,12H,1-7H2. The molecule has 4 heteroatoms. The molecule has 2 heterocycles. The highest BCUT2D eigenvalue weighted by molar-refractivity contribution is 5.97. The van der Waals surface area contributed by atoms with E-state index >= 15 is 0 Å². The summed E-state index contributed by atoms with van der Waals surface area (Å²) >= 11 is 0. The number of rotatable bonds is 1. The number of carbonyl (C=O) groups is 1. The van der Waals surface area contributed by atoms with Crippen molar-refractivity contribution in [1.82, 2.24) is 9.78 Å². The van der Waals surface area contributed by atoms with Gasteiger partial charge in [-0.1, -0.05) is 0 Å². The molecule has 1 fully saturated rings. The lowest BCUT2D eigenvalue weighted by Crippen LogP contribution is -2.18. The third kappa shape index (κ3) is 1.67. The number of fused-ring (bicyclic) bond motifs is 1. The quantitative estimate of drug-likeness (QED) is 0.728. The second-order valence-corrected chi connectivity index (χ2v) is 4.57. The molecule has 0 spiro atoms. The van der Waals surface area contributed by atoms with Crippen molar-refractivity contribution < 1.29 is 9.53 Å². The maximum Gasteiger partial charge on any atom is 0.166 e. The zero-order valence-electron chi connectivity index (χ0n) is 9.32. The van der Waals surface area contributed by atoms with Crippen molar-refractivity contribution in [3.05, 3.63) is 17.5 Å². The first-order chi connectivity index (χ1) is 7.84. The number of hydrogen-bond acceptors (Lipinski definition) is 3. The second-order valence-electron chi connectivity index (χ2n) is 4.57. The molecule has 1 aromatic rings. The van der Waals surface area contributed by atoms with Crippen LogP contribution < -0.4 is 0 Å². The van der Waals surface area contributed by atoms with E-state index < -0.39 is 0 Å². The largest absolute Gasteiger partial charge is 0.357 e. The number of aromatic nitrogens is 2. The topological polar surface area (TPSA) is 44.1 Å². The monoisotopic (exact) mass is 220 g/mol. The van der Waals surface area contributed by atoms with Crippen LogP contribution in [-0.4, -0.2) is 22.2 Å². The Labute approximate surface area is 94.6 Å². The van der Waals surface area contributed by atoms with Gasteiger partial charge in [0.15, 0.2) is 5.78 Å². The van der Waals surface area contributed by atoms with Gasteiger partial charge in [0.05, 0.1) is 11.3 Å². The van der Waals surface area contributed by atoms with Crippen LogP contribution in [0.2, 0.25) is 0 Å². The molecule has 1 aliphatic heterocycles. The maximum absolute atomic E-state index is 11.7. The number of ketones is 1. The fraction of sp³-hybridized carbons (Fsp3) is 0.667. The number of aryl methyl sites for hydroxylation is 1. The van der Waals surface area contributed by atoms with E-state index in [4.69, 9.17) is 4.74 Å². The summed E-state index contributed by atoms with van der Waals surface area (Å²) < 4.78 is 7.52. The molecule has 16 heavy (non-hydrogen) atoms. The van der Waals surface area contributed by atoms with Crippen molar-refractivity contribution >= 4 is 5.78 Å². The molecule has 3 rings (SSSR count). The Morgan fingerprint density at radius 2 is 2.25 bits per heavy atom. The van der Waals surface area contributed by atoms with Gasteiger partial charge in [0.2, 0.25) is 0 Å². The van der Waals surface area contributed by atoms with Crippen molar-refractivity contribution in [3.63, 3.8) is 0 Å². The van der Waals surface area contributed by atoms with Crippen molar-refractivity contribution in [2.45, 2.75) is 44.8 Å². The SMILES string of the molecule is O=C1CCCc2nn(C3CCCCO3)cc21. The number of Topliss-reactive ketones (excluding diaryl/α,β-unsaturated/α-hetero) is 1. The predicted molar refractivity (Wildman–Crippen MR) is 58.3 cm³/mol. The molecule has 0 radical (unpaired) electrons. The molecule has 0 bridgehead atoms. The maximum atomic E-state index is 11.7. The van der Waals surface area contributed by atoms with Crippen LogP contribution >= 0.6 is 0 Å². The van der Waals surface area contributed by atoms with Gasteiger partial charge in [-0.25, -0.2) is 4.68 Å². The molecule has 1 atom stereocenters. The molecule has 0 aromatic carbocycles. The Morgan fingerprint density at radius 3 is 3.00 bits per heavy atom. The molecule has 1 aromatic heterocycles. The fourth-order valence-corrected chi connectivity index (χ4v) is 2.48. The molecule has 1 aliphatic carbocycles. The van der Waals surface area contributed by atoms with Crippen LogP contribution in [0.3, 0.4) is 0 Å². The van der Waals surface area contributed by atoms with Crippen molar-refractivity contribution in [1.29, 1.82) is 0 Å². The Bertz CT molecular complexity index is 405. The van der Waals surface area contributed by atoms with Gasteiger partial charge in [-0.05, 0) is 32.1 Å². The molecule has 0 N–H and O–H groups in total.